The molecule has 10 heteroatoms. The molecule has 7 nitrogen and oxygen atoms in total. The Bertz CT molecular complexity index is 1220. The number of fused-ring (bicyclic) bond motifs is 1. The fourth-order valence-corrected chi connectivity index (χ4v) is 6.98. The van der Waals surface area contributed by atoms with E-state index in [1.54, 1.807) is 37.3 Å². The Morgan fingerprint density at radius 2 is 1.79 bits per heavy atom. The second-order valence-corrected chi connectivity index (χ2v) is 12.7. The molecule has 3 atom stereocenters. The van der Waals surface area contributed by atoms with Gasteiger partial charge in [0, 0.05) is 49.5 Å². The molecular weight excluding hydrogens is 467 g/mol. The Labute approximate surface area is 194 Å². The van der Waals surface area contributed by atoms with Gasteiger partial charge in [0.25, 0.3) is 0 Å². The van der Waals surface area contributed by atoms with Crippen molar-refractivity contribution < 1.29 is 26.0 Å². The van der Waals surface area contributed by atoms with Crippen molar-refractivity contribution in [1.82, 2.24) is 9.62 Å². The van der Waals surface area contributed by atoms with Crippen LogP contribution in [0.1, 0.15) is 49.4 Å². The van der Waals surface area contributed by atoms with E-state index in [1.165, 1.54) is 18.4 Å². The van der Waals surface area contributed by atoms with E-state index < -0.39 is 25.1 Å². The molecule has 0 aliphatic carbocycles. The van der Waals surface area contributed by atoms with Gasteiger partial charge >= 0.3 is 0 Å². The van der Waals surface area contributed by atoms with E-state index in [0.717, 1.165) is 11.1 Å². The van der Waals surface area contributed by atoms with Crippen LogP contribution in [0.3, 0.4) is 0 Å². The summed E-state index contributed by atoms with van der Waals surface area (Å²) < 4.78 is 71.4. The fourth-order valence-electron chi connectivity index (χ4n) is 4.86. The third kappa shape index (κ3) is 5.08. The topological polar surface area (TPSA) is 92.8 Å². The summed E-state index contributed by atoms with van der Waals surface area (Å²) in [4.78, 5) is 2.41. The summed E-state index contributed by atoms with van der Waals surface area (Å²) >= 11 is 0. The summed E-state index contributed by atoms with van der Waals surface area (Å²) in [5.41, 5.74) is 1.74. The van der Waals surface area contributed by atoms with Crippen molar-refractivity contribution in [3.63, 3.8) is 0 Å². The van der Waals surface area contributed by atoms with Crippen LogP contribution in [-0.2, 0) is 19.9 Å². The van der Waals surface area contributed by atoms with Crippen molar-refractivity contribution in [2.75, 3.05) is 26.0 Å². The van der Waals surface area contributed by atoms with Crippen LogP contribution in [0.5, 0.6) is 5.75 Å². The fraction of sp³-hybridized carbons (Fsp3) is 0.478. The van der Waals surface area contributed by atoms with Crippen LogP contribution in [0.15, 0.2) is 47.4 Å². The number of rotatable bonds is 6. The minimum absolute atomic E-state index is 0.0693. The monoisotopic (exact) mass is 496 g/mol. The van der Waals surface area contributed by atoms with Crippen molar-refractivity contribution in [1.29, 1.82) is 0 Å². The van der Waals surface area contributed by atoms with E-state index in [1.807, 2.05) is 0 Å². The van der Waals surface area contributed by atoms with Gasteiger partial charge in [-0.15, -0.1) is 0 Å². The lowest BCUT2D eigenvalue weighted by Gasteiger charge is -2.45. The van der Waals surface area contributed by atoms with Gasteiger partial charge in [0.1, 0.15) is 21.4 Å². The number of benzene rings is 2. The van der Waals surface area contributed by atoms with Crippen molar-refractivity contribution >= 4 is 19.9 Å². The minimum atomic E-state index is -3.61. The van der Waals surface area contributed by atoms with Crippen LogP contribution >= 0.6 is 0 Å². The number of sulfonamides is 1. The van der Waals surface area contributed by atoms with Gasteiger partial charge < -0.3 is 4.74 Å². The van der Waals surface area contributed by atoms with E-state index in [9.17, 15) is 21.2 Å². The maximum Gasteiger partial charge on any atom is 0.240 e. The summed E-state index contributed by atoms with van der Waals surface area (Å²) in [5.74, 6) is 0.180. The number of halogens is 1. The first kappa shape index (κ1) is 24.1. The molecule has 1 fully saturated rings. The molecule has 0 aromatic heterocycles. The molecule has 0 bridgehead atoms. The Balaban J connectivity index is 1.70. The standard InChI is InChI=1S/C23H29FN2O5S2/c1-3-25-33(29,30)19-8-9-20-21(11-13-31-23(20)15-19)26-12-10-18(32(2,27)28)14-22(26)16-4-6-17(24)7-5-16/h4-9,15,18,21-22,25H,3,10-14H2,1-2H3/t18-,21+,22+/m0/s1. The first-order valence-electron chi connectivity index (χ1n) is 11.1. The Morgan fingerprint density at radius 1 is 1.06 bits per heavy atom. The van der Waals surface area contributed by atoms with Crippen molar-refractivity contribution in [2.24, 2.45) is 0 Å². The number of nitrogens with one attached hydrogen (secondary N) is 1. The third-order valence-electron chi connectivity index (χ3n) is 6.49. The van der Waals surface area contributed by atoms with Crippen LogP contribution in [0.25, 0.3) is 0 Å². The van der Waals surface area contributed by atoms with Crippen molar-refractivity contribution in [3.8, 4) is 5.75 Å². The zero-order valence-corrected chi connectivity index (χ0v) is 20.3. The maximum absolute atomic E-state index is 13.6. The predicted molar refractivity (Wildman–Crippen MR) is 124 cm³/mol. The number of hydrogen-bond acceptors (Lipinski definition) is 6. The highest BCUT2D eigenvalue weighted by atomic mass is 32.2. The number of hydrogen-bond donors (Lipinski definition) is 1. The van der Waals surface area contributed by atoms with Crippen LogP contribution in [-0.4, -0.2) is 52.9 Å². The summed E-state index contributed by atoms with van der Waals surface area (Å²) in [6.45, 7) is 2.99. The normalized spacial score (nSPS) is 24.2. The number of likely N-dealkylation sites (tertiary alicyclic amines) is 1. The molecule has 2 aliphatic rings. The van der Waals surface area contributed by atoms with Crippen LogP contribution in [0.4, 0.5) is 4.39 Å². The molecule has 0 saturated carbocycles. The van der Waals surface area contributed by atoms with Crippen LogP contribution in [0.2, 0.25) is 0 Å². The largest absolute Gasteiger partial charge is 0.493 e. The average molecular weight is 497 g/mol. The highest BCUT2D eigenvalue weighted by molar-refractivity contribution is 7.91. The molecule has 2 heterocycles. The first-order valence-corrected chi connectivity index (χ1v) is 14.5. The number of nitrogens with zero attached hydrogens (tertiary/aromatic N) is 1. The SMILES string of the molecule is CCNS(=O)(=O)c1ccc2c(c1)OCC[C@H]2N1CC[C@H](S(C)(=O)=O)C[C@@H]1c1ccc(F)cc1. The average Bonchev–Trinajstić information content (AvgIpc) is 2.78. The number of piperidine rings is 1. The molecule has 0 radical (unpaired) electrons. The Morgan fingerprint density at radius 3 is 2.45 bits per heavy atom. The van der Waals surface area contributed by atoms with Gasteiger partial charge in [-0.25, -0.2) is 25.9 Å². The van der Waals surface area contributed by atoms with Gasteiger partial charge in [0.2, 0.25) is 10.0 Å². The van der Waals surface area contributed by atoms with E-state index in [4.69, 9.17) is 4.74 Å². The van der Waals surface area contributed by atoms with Crippen molar-refractivity contribution in [3.05, 3.63) is 59.4 Å². The first-order chi connectivity index (χ1) is 15.6. The van der Waals surface area contributed by atoms with Crippen LogP contribution < -0.4 is 9.46 Å². The lowest BCUT2D eigenvalue weighted by Crippen LogP contribution is -2.44. The van der Waals surface area contributed by atoms with Gasteiger partial charge in [-0.1, -0.05) is 25.1 Å². The molecule has 0 unspecified atom stereocenters. The van der Waals surface area contributed by atoms with Gasteiger partial charge in [0.15, 0.2) is 0 Å². The quantitative estimate of drug-likeness (QED) is 0.660. The van der Waals surface area contributed by atoms with Gasteiger partial charge in [0.05, 0.1) is 16.8 Å². The second kappa shape index (κ2) is 9.32. The molecule has 33 heavy (non-hydrogen) atoms. The lowest BCUT2D eigenvalue weighted by molar-refractivity contribution is 0.0680. The molecule has 1 saturated heterocycles. The highest BCUT2D eigenvalue weighted by Gasteiger charge is 2.39. The molecular formula is C23H29FN2O5S2. The Kier molecular flexibility index (Phi) is 6.82. The smallest absolute Gasteiger partial charge is 0.240 e. The van der Waals surface area contributed by atoms with E-state index in [-0.39, 0.29) is 29.3 Å². The van der Waals surface area contributed by atoms with Gasteiger partial charge in [-0.2, -0.15) is 0 Å². The molecule has 0 spiro atoms. The van der Waals surface area contributed by atoms with Gasteiger partial charge in [-0.3, -0.25) is 4.90 Å². The van der Waals surface area contributed by atoms with E-state index in [2.05, 4.69) is 9.62 Å². The molecule has 180 valence electrons. The summed E-state index contributed by atoms with van der Waals surface area (Å²) in [5, 5.41) is -0.462. The Hall–Kier alpha value is -2.01. The molecule has 4 rings (SSSR count). The molecule has 2 aromatic carbocycles. The van der Waals surface area contributed by atoms with E-state index >= 15 is 0 Å². The zero-order valence-electron chi connectivity index (χ0n) is 18.7. The summed E-state index contributed by atoms with van der Waals surface area (Å²) in [6.07, 6.45) is 2.89. The van der Waals surface area contributed by atoms with Gasteiger partial charge in [-0.05, 0) is 36.6 Å². The van der Waals surface area contributed by atoms with Crippen LogP contribution in [0, 0.1) is 5.82 Å². The summed E-state index contributed by atoms with van der Waals surface area (Å²) in [6, 6.07) is 10.9. The molecule has 1 N–H and O–H groups in total. The molecule has 2 aliphatic heterocycles. The maximum atomic E-state index is 13.6. The zero-order chi connectivity index (χ0) is 23.8. The molecule has 2 aromatic rings. The summed E-state index contributed by atoms with van der Waals surface area (Å²) in [7, 11) is -6.83. The predicted octanol–water partition coefficient (Wildman–Crippen LogP) is 3.20. The minimum Gasteiger partial charge on any atom is -0.493 e. The van der Waals surface area contributed by atoms with Crippen molar-refractivity contribution in [2.45, 2.75) is 48.4 Å². The third-order valence-corrected chi connectivity index (χ3v) is 9.68. The number of ether oxygens (including phenoxy) is 1. The highest BCUT2D eigenvalue weighted by Crippen LogP contribution is 2.45. The number of sulfone groups is 1. The molecule has 0 amide bonds. The lowest BCUT2D eigenvalue weighted by atomic mass is 9.89. The second-order valence-electron chi connectivity index (χ2n) is 8.63. The van der Waals surface area contributed by atoms with E-state index in [0.29, 0.717) is 38.2 Å².